The second-order valence-corrected chi connectivity index (χ2v) is 9.09. The molecule has 1 aliphatic heterocycles. The van der Waals surface area contributed by atoms with Gasteiger partial charge in [-0.3, -0.25) is 9.59 Å². The van der Waals surface area contributed by atoms with Crippen molar-refractivity contribution in [2.75, 3.05) is 26.7 Å². The highest BCUT2D eigenvalue weighted by Crippen LogP contribution is 2.25. The van der Waals surface area contributed by atoms with Crippen molar-refractivity contribution < 1.29 is 9.59 Å². The summed E-state index contributed by atoms with van der Waals surface area (Å²) in [5.41, 5.74) is 0.960. The van der Waals surface area contributed by atoms with Crippen LogP contribution in [0.1, 0.15) is 46.1 Å². The van der Waals surface area contributed by atoms with E-state index in [0.717, 1.165) is 38.9 Å². The van der Waals surface area contributed by atoms with Crippen LogP contribution >= 0.6 is 0 Å². The van der Waals surface area contributed by atoms with Crippen LogP contribution in [0.25, 0.3) is 0 Å². The number of hydrogen-bond acceptors (Lipinski definition) is 4. The second kappa shape index (κ2) is 10.7. The Balaban J connectivity index is 1.93. The molecule has 0 aliphatic carbocycles. The highest BCUT2D eigenvalue weighted by atomic mass is 16.2. The number of hydrogen-bond donors (Lipinski definition) is 3. The monoisotopic (exact) mass is 402 g/mol. The fourth-order valence-corrected chi connectivity index (χ4v) is 3.70. The molecular formula is C23H38N4O2. The van der Waals surface area contributed by atoms with Crippen LogP contribution in [0.15, 0.2) is 30.3 Å². The summed E-state index contributed by atoms with van der Waals surface area (Å²) in [7, 11) is 1.75. The van der Waals surface area contributed by atoms with Crippen LogP contribution in [0.5, 0.6) is 0 Å². The van der Waals surface area contributed by atoms with Crippen molar-refractivity contribution >= 4 is 11.8 Å². The Morgan fingerprint density at radius 3 is 2.52 bits per heavy atom. The Bertz CT molecular complexity index is 657. The number of likely N-dealkylation sites (N-methyl/N-ethyl adjacent to an activating group) is 1. The van der Waals surface area contributed by atoms with E-state index in [4.69, 9.17) is 0 Å². The van der Waals surface area contributed by atoms with Gasteiger partial charge in [-0.05, 0) is 50.8 Å². The average Bonchev–Trinajstić information content (AvgIpc) is 3.16. The molecule has 1 fully saturated rings. The van der Waals surface area contributed by atoms with Crippen LogP contribution in [0, 0.1) is 5.41 Å². The van der Waals surface area contributed by atoms with Gasteiger partial charge in [0.15, 0.2) is 0 Å². The molecule has 1 heterocycles. The topological polar surface area (TPSA) is 73.5 Å². The normalized spacial score (nSPS) is 19.1. The molecule has 0 radical (unpaired) electrons. The molecule has 0 aromatic heterocycles. The third-order valence-corrected chi connectivity index (χ3v) is 5.70. The number of amides is 2. The quantitative estimate of drug-likeness (QED) is 0.552. The van der Waals surface area contributed by atoms with Gasteiger partial charge in [-0.2, -0.15) is 0 Å². The summed E-state index contributed by atoms with van der Waals surface area (Å²) in [5, 5.41) is 9.44. The molecule has 1 aromatic rings. The maximum atomic E-state index is 13.4. The van der Waals surface area contributed by atoms with Gasteiger partial charge in [0, 0.05) is 19.1 Å². The van der Waals surface area contributed by atoms with Crippen molar-refractivity contribution in [2.24, 2.45) is 5.41 Å². The molecule has 1 aromatic carbocycles. The van der Waals surface area contributed by atoms with Gasteiger partial charge in [-0.15, -0.1) is 0 Å². The van der Waals surface area contributed by atoms with Gasteiger partial charge in [0.05, 0.1) is 6.04 Å². The zero-order chi connectivity index (χ0) is 21.4. The first-order valence-corrected chi connectivity index (χ1v) is 10.8. The highest BCUT2D eigenvalue weighted by molar-refractivity contribution is 5.90. The summed E-state index contributed by atoms with van der Waals surface area (Å²) in [6, 6.07) is 9.73. The average molecular weight is 403 g/mol. The molecule has 6 heteroatoms. The fraction of sp³-hybridized carbons (Fsp3) is 0.652. The maximum absolute atomic E-state index is 13.4. The number of carbonyl (C=O) groups excluding carboxylic acids is 2. The number of carbonyl (C=O) groups is 2. The van der Waals surface area contributed by atoms with Crippen molar-refractivity contribution in [2.45, 2.75) is 65.1 Å². The van der Waals surface area contributed by atoms with Crippen LogP contribution in [-0.4, -0.2) is 61.5 Å². The van der Waals surface area contributed by atoms with Crippen LogP contribution < -0.4 is 16.0 Å². The van der Waals surface area contributed by atoms with Gasteiger partial charge in [-0.25, -0.2) is 0 Å². The van der Waals surface area contributed by atoms with E-state index in [0.29, 0.717) is 0 Å². The third kappa shape index (κ3) is 6.82. The third-order valence-electron chi connectivity index (χ3n) is 5.70. The van der Waals surface area contributed by atoms with Crippen molar-refractivity contribution in [1.82, 2.24) is 20.9 Å². The highest BCUT2D eigenvalue weighted by Gasteiger charge is 2.39. The van der Waals surface area contributed by atoms with E-state index in [9.17, 15) is 9.59 Å². The molecule has 6 nitrogen and oxygen atoms in total. The summed E-state index contributed by atoms with van der Waals surface area (Å²) in [6.07, 6.45) is 2.99. The molecule has 3 N–H and O–H groups in total. The van der Waals surface area contributed by atoms with E-state index in [-0.39, 0.29) is 29.3 Å². The lowest BCUT2D eigenvalue weighted by Gasteiger charge is -2.36. The second-order valence-electron chi connectivity index (χ2n) is 9.09. The number of benzene rings is 1. The lowest BCUT2D eigenvalue weighted by Crippen LogP contribution is -2.58. The van der Waals surface area contributed by atoms with Gasteiger partial charge in [0.2, 0.25) is 11.8 Å². The molecule has 2 amide bonds. The van der Waals surface area contributed by atoms with Crippen LogP contribution in [0.2, 0.25) is 0 Å². The Hall–Kier alpha value is -1.92. The molecule has 0 bridgehead atoms. The number of nitrogens with one attached hydrogen (secondary N) is 3. The SMILES string of the molecule is CN[C@@H](C)C(=O)N[C@H](C(=O)N1CCC[C@H]1CNCCc1ccccc1)C(C)(C)C. The molecule has 2 rings (SSSR count). The number of nitrogens with zero attached hydrogens (tertiary/aromatic N) is 1. The molecule has 0 unspecified atom stereocenters. The van der Waals surface area contributed by atoms with Gasteiger partial charge in [0.25, 0.3) is 0 Å². The maximum Gasteiger partial charge on any atom is 0.245 e. The van der Waals surface area contributed by atoms with E-state index in [2.05, 4.69) is 40.2 Å². The molecule has 29 heavy (non-hydrogen) atoms. The number of rotatable bonds is 9. The molecule has 162 valence electrons. The largest absolute Gasteiger partial charge is 0.342 e. The van der Waals surface area contributed by atoms with Crippen LogP contribution in [0.3, 0.4) is 0 Å². The summed E-state index contributed by atoms with van der Waals surface area (Å²) >= 11 is 0. The first-order valence-electron chi connectivity index (χ1n) is 10.8. The van der Waals surface area contributed by atoms with E-state index in [1.54, 1.807) is 14.0 Å². The number of likely N-dealkylation sites (tertiary alicyclic amines) is 1. The summed E-state index contributed by atoms with van der Waals surface area (Å²) < 4.78 is 0. The zero-order valence-corrected chi connectivity index (χ0v) is 18.6. The van der Waals surface area contributed by atoms with Crippen molar-refractivity contribution in [3.8, 4) is 0 Å². The smallest absolute Gasteiger partial charge is 0.245 e. The standard InChI is InChI=1S/C23H38N4O2/c1-17(24-5)21(28)26-20(23(2,3)4)22(29)27-15-9-12-19(27)16-25-14-13-18-10-7-6-8-11-18/h6-8,10-11,17,19-20,24-25H,9,12-16H2,1-5H3,(H,26,28)/t17-,19-,20+/m0/s1. The predicted octanol–water partition coefficient (Wildman–Crippen LogP) is 1.95. The Morgan fingerprint density at radius 1 is 1.21 bits per heavy atom. The minimum atomic E-state index is -0.532. The Morgan fingerprint density at radius 2 is 1.90 bits per heavy atom. The molecular weight excluding hydrogens is 364 g/mol. The van der Waals surface area contributed by atoms with Gasteiger partial charge in [0.1, 0.15) is 6.04 Å². The summed E-state index contributed by atoms with van der Waals surface area (Å²) in [5.74, 6) is -0.112. The molecule has 0 spiro atoms. The van der Waals surface area contributed by atoms with Crippen molar-refractivity contribution in [3.05, 3.63) is 35.9 Å². The summed E-state index contributed by atoms with van der Waals surface area (Å²) in [6.45, 7) is 10.2. The Labute approximate surface area is 175 Å². The summed E-state index contributed by atoms with van der Waals surface area (Å²) in [4.78, 5) is 27.8. The van der Waals surface area contributed by atoms with Gasteiger partial charge < -0.3 is 20.9 Å². The lowest BCUT2D eigenvalue weighted by atomic mass is 9.85. The molecule has 3 atom stereocenters. The van der Waals surface area contributed by atoms with E-state index < -0.39 is 6.04 Å². The molecule has 1 saturated heterocycles. The van der Waals surface area contributed by atoms with Crippen LogP contribution in [-0.2, 0) is 16.0 Å². The first-order chi connectivity index (χ1) is 13.7. The van der Waals surface area contributed by atoms with E-state index >= 15 is 0 Å². The fourth-order valence-electron chi connectivity index (χ4n) is 3.70. The first kappa shape index (κ1) is 23.4. The van der Waals surface area contributed by atoms with Crippen molar-refractivity contribution in [1.29, 1.82) is 0 Å². The Kier molecular flexibility index (Phi) is 8.65. The minimum Gasteiger partial charge on any atom is -0.342 e. The lowest BCUT2D eigenvalue weighted by molar-refractivity contribution is -0.140. The van der Waals surface area contributed by atoms with E-state index in [1.807, 2.05) is 31.7 Å². The molecule has 1 aliphatic rings. The van der Waals surface area contributed by atoms with Crippen LogP contribution in [0.4, 0.5) is 0 Å². The van der Waals surface area contributed by atoms with Crippen molar-refractivity contribution in [3.63, 3.8) is 0 Å². The van der Waals surface area contributed by atoms with E-state index in [1.165, 1.54) is 5.56 Å². The van der Waals surface area contributed by atoms with Gasteiger partial charge >= 0.3 is 0 Å². The van der Waals surface area contributed by atoms with Gasteiger partial charge in [-0.1, -0.05) is 51.1 Å². The zero-order valence-electron chi connectivity index (χ0n) is 18.6. The minimum absolute atomic E-state index is 0.0292. The predicted molar refractivity (Wildman–Crippen MR) is 118 cm³/mol. The molecule has 0 saturated carbocycles.